The van der Waals surface area contributed by atoms with Crippen molar-refractivity contribution in [1.82, 2.24) is 14.8 Å². The minimum atomic E-state index is 0.141. The molecule has 134 valence electrons. The highest BCUT2D eigenvalue weighted by molar-refractivity contribution is 7.80. The van der Waals surface area contributed by atoms with Crippen LogP contribution in [0, 0.1) is 6.92 Å². The molecule has 0 aliphatic rings. The molecule has 1 aromatic carbocycles. The Bertz CT molecular complexity index is 706. The van der Waals surface area contributed by atoms with E-state index in [9.17, 15) is 0 Å². The number of nitrogens with one attached hydrogen (secondary N) is 1. The van der Waals surface area contributed by atoms with Crippen molar-refractivity contribution >= 4 is 34.6 Å². The first-order chi connectivity index (χ1) is 11.9. The Morgan fingerprint density at radius 1 is 1.20 bits per heavy atom. The molecule has 0 aliphatic carbocycles. The molecule has 0 saturated heterocycles. The summed E-state index contributed by atoms with van der Waals surface area (Å²) >= 11 is 12.0. The van der Waals surface area contributed by atoms with E-state index < -0.39 is 0 Å². The Hall–Kier alpha value is -1.69. The van der Waals surface area contributed by atoms with Crippen LogP contribution in [0.15, 0.2) is 42.7 Å². The average molecular weight is 377 g/mol. The van der Waals surface area contributed by atoms with Crippen molar-refractivity contribution in [3.63, 3.8) is 0 Å². The van der Waals surface area contributed by atoms with Gasteiger partial charge in [0, 0.05) is 36.2 Å². The molecule has 0 aliphatic heterocycles. The number of rotatable bonds is 6. The van der Waals surface area contributed by atoms with E-state index in [-0.39, 0.29) is 6.04 Å². The summed E-state index contributed by atoms with van der Waals surface area (Å²) in [6.07, 6.45) is 3.63. The molecule has 1 atom stereocenters. The molecule has 1 aromatic heterocycles. The third-order valence-corrected chi connectivity index (χ3v) is 4.96. The predicted molar refractivity (Wildman–Crippen MR) is 110 cm³/mol. The van der Waals surface area contributed by atoms with E-state index in [2.05, 4.69) is 41.1 Å². The van der Waals surface area contributed by atoms with Gasteiger partial charge >= 0.3 is 0 Å². The van der Waals surface area contributed by atoms with Crippen LogP contribution in [0.1, 0.15) is 24.1 Å². The van der Waals surface area contributed by atoms with Gasteiger partial charge in [0.1, 0.15) is 0 Å². The largest absolute Gasteiger partial charge is 0.341 e. The molecule has 0 saturated carbocycles. The second-order valence-electron chi connectivity index (χ2n) is 6.30. The molecule has 2 aromatic rings. The number of pyridine rings is 1. The lowest BCUT2D eigenvalue weighted by atomic mass is 10.1. The van der Waals surface area contributed by atoms with Gasteiger partial charge in [0.2, 0.25) is 0 Å². The highest BCUT2D eigenvalue weighted by Crippen LogP contribution is 2.25. The third kappa shape index (κ3) is 5.39. The van der Waals surface area contributed by atoms with Crippen molar-refractivity contribution in [3.8, 4) is 0 Å². The van der Waals surface area contributed by atoms with Crippen LogP contribution >= 0.6 is 23.8 Å². The van der Waals surface area contributed by atoms with Crippen LogP contribution in [0.3, 0.4) is 0 Å². The Balaban J connectivity index is 2.21. The fourth-order valence-corrected chi connectivity index (χ4v) is 3.06. The molecule has 0 spiro atoms. The maximum absolute atomic E-state index is 6.23. The normalized spacial score (nSPS) is 12.1. The number of thiocarbonyl (C=S) groups is 1. The van der Waals surface area contributed by atoms with Gasteiger partial charge in [0.25, 0.3) is 0 Å². The van der Waals surface area contributed by atoms with Crippen LogP contribution in [0.5, 0.6) is 0 Å². The van der Waals surface area contributed by atoms with Gasteiger partial charge in [-0.1, -0.05) is 17.7 Å². The van der Waals surface area contributed by atoms with Gasteiger partial charge in [-0.2, -0.15) is 0 Å². The average Bonchev–Trinajstić information content (AvgIpc) is 2.59. The first-order valence-corrected chi connectivity index (χ1v) is 9.06. The van der Waals surface area contributed by atoms with E-state index in [4.69, 9.17) is 23.8 Å². The number of benzene rings is 1. The minimum absolute atomic E-state index is 0.141. The molecule has 2 rings (SSSR count). The quantitative estimate of drug-likeness (QED) is 0.757. The number of halogens is 1. The van der Waals surface area contributed by atoms with Gasteiger partial charge < -0.3 is 15.1 Å². The lowest BCUT2D eigenvalue weighted by molar-refractivity contribution is 0.289. The molecule has 4 nitrogen and oxygen atoms in total. The third-order valence-electron chi connectivity index (χ3n) is 4.21. The van der Waals surface area contributed by atoms with Crippen molar-refractivity contribution < 1.29 is 0 Å². The van der Waals surface area contributed by atoms with Crippen molar-refractivity contribution in [1.29, 1.82) is 0 Å². The lowest BCUT2D eigenvalue weighted by Crippen LogP contribution is -2.41. The number of anilines is 1. The van der Waals surface area contributed by atoms with E-state index in [0.717, 1.165) is 29.4 Å². The Morgan fingerprint density at radius 3 is 2.52 bits per heavy atom. The second-order valence-corrected chi connectivity index (χ2v) is 7.09. The van der Waals surface area contributed by atoms with Gasteiger partial charge in [-0.3, -0.25) is 4.98 Å². The number of likely N-dealkylation sites (N-methyl/N-ethyl adjacent to an activating group) is 1. The molecular formula is C19H25ClN4S. The van der Waals surface area contributed by atoms with Crippen LogP contribution < -0.4 is 5.32 Å². The Labute approximate surface area is 160 Å². The molecule has 0 fully saturated rings. The van der Waals surface area contributed by atoms with Crippen LogP contribution in [0.25, 0.3) is 0 Å². The van der Waals surface area contributed by atoms with Gasteiger partial charge in [0.05, 0.1) is 6.04 Å². The summed E-state index contributed by atoms with van der Waals surface area (Å²) in [6.45, 7) is 5.88. The molecular weight excluding hydrogens is 352 g/mol. The summed E-state index contributed by atoms with van der Waals surface area (Å²) in [7, 11) is 4.12. The smallest absolute Gasteiger partial charge is 0.173 e. The van der Waals surface area contributed by atoms with Crippen molar-refractivity contribution in [2.45, 2.75) is 19.9 Å². The first kappa shape index (κ1) is 19.6. The van der Waals surface area contributed by atoms with E-state index in [1.165, 1.54) is 5.56 Å². The number of hydrogen-bond donors (Lipinski definition) is 1. The number of nitrogens with zero attached hydrogens (tertiary/aromatic N) is 3. The maximum Gasteiger partial charge on any atom is 0.173 e. The summed E-state index contributed by atoms with van der Waals surface area (Å²) in [5.41, 5.74) is 3.12. The van der Waals surface area contributed by atoms with E-state index in [0.29, 0.717) is 5.11 Å². The zero-order valence-electron chi connectivity index (χ0n) is 15.2. The summed E-state index contributed by atoms with van der Waals surface area (Å²) in [4.78, 5) is 8.46. The van der Waals surface area contributed by atoms with Gasteiger partial charge in [-0.25, -0.2) is 0 Å². The van der Waals surface area contributed by atoms with E-state index in [1.807, 2.05) is 49.6 Å². The van der Waals surface area contributed by atoms with Crippen LogP contribution in [0.4, 0.5) is 5.69 Å². The lowest BCUT2D eigenvalue weighted by Gasteiger charge is -2.33. The van der Waals surface area contributed by atoms with Crippen LogP contribution in [-0.2, 0) is 0 Å². The fourth-order valence-electron chi connectivity index (χ4n) is 2.53. The van der Waals surface area contributed by atoms with Crippen molar-refractivity contribution in [3.05, 3.63) is 58.9 Å². The standard InChI is InChI=1S/C19H25ClN4S/c1-14-17(20)6-5-7-18(14)22-19(25)24(13-12-23(3)4)15(2)16-8-10-21-11-9-16/h5-11,15H,12-13H2,1-4H3,(H,22,25). The molecule has 0 amide bonds. The molecule has 1 unspecified atom stereocenters. The molecule has 1 heterocycles. The number of hydrogen-bond acceptors (Lipinski definition) is 3. The predicted octanol–water partition coefficient (Wildman–Crippen LogP) is 4.37. The maximum atomic E-state index is 6.23. The fraction of sp³-hybridized carbons (Fsp3) is 0.368. The summed E-state index contributed by atoms with van der Waals surface area (Å²) in [6, 6.07) is 10.0. The molecule has 6 heteroatoms. The van der Waals surface area contributed by atoms with Crippen molar-refractivity contribution in [2.75, 3.05) is 32.5 Å². The highest BCUT2D eigenvalue weighted by atomic mass is 35.5. The van der Waals surface area contributed by atoms with Crippen LogP contribution in [-0.4, -0.2) is 47.1 Å². The van der Waals surface area contributed by atoms with E-state index in [1.54, 1.807) is 0 Å². The molecule has 0 bridgehead atoms. The highest BCUT2D eigenvalue weighted by Gasteiger charge is 2.19. The summed E-state index contributed by atoms with van der Waals surface area (Å²) in [5, 5.41) is 4.79. The van der Waals surface area contributed by atoms with Gasteiger partial charge in [0.15, 0.2) is 5.11 Å². The number of aromatic nitrogens is 1. The van der Waals surface area contributed by atoms with Gasteiger partial charge in [-0.15, -0.1) is 0 Å². The zero-order chi connectivity index (χ0) is 18.4. The van der Waals surface area contributed by atoms with Gasteiger partial charge in [-0.05, 0) is 75.6 Å². The summed E-state index contributed by atoms with van der Waals surface area (Å²) in [5.74, 6) is 0. The first-order valence-electron chi connectivity index (χ1n) is 8.27. The molecule has 1 N–H and O–H groups in total. The topological polar surface area (TPSA) is 31.4 Å². The Morgan fingerprint density at radius 2 is 1.88 bits per heavy atom. The van der Waals surface area contributed by atoms with Crippen LogP contribution in [0.2, 0.25) is 5.02 Å². The minimum Gasteiger partial charge on any atom is -0.341 e. The second kappa shape index (κ2) is 9.13. The summed E-state index contributed by atoms with van der Waals surface area (Å²) < 4.78 is 0. The SMILES string of the molecule is Cc1c(Cl)cccc1NC(=S)N(CCN(C)C)C(C)c1ccncc1. The van der Waals surface area contributed by atoms with Crippen molar-refractivity contribution in [2.24, 2.45) is 0 Å². The Kier molecular flexibility index (Phi) is 7.17. The zero-order valence-corrected chi connectivity index (χ0v) is 16.7. The molecule has 25 heavy (non-hydrogen) atoms. The van der Waals surface area contributed by atoms with E-state index >= 15 is 0 Å². The monoisotopic (exact) mass is 376 g/mol. The molecule has 0 radical (unpaired) electrons.